The van der Waals surface area contributed by atoms with Crippen molar-refractivity contribution in [3.8, 4) is 0 Å². The molecule has 1 aliphatic carbocycles. The van der Waals surface area contributed by atoms with Gasteiger partial charge in [-0.2, -0.15) is 18.2 Å². The summed E-state index contributed by atoms with van der Waals surface area (Å²) in [5.41, 5.74) is -0.351. The molecule has 1 spiro atoms. The van der Waals surface area contributed by atoms with Gasteiger partial charge in [0.1, 0.15) is 11.9 Å². The molecule has 5 aliphatic rings. The number of ether oxygens (including phenoxy) is 2. The Bertz CT molecular complexity index is 931. The first-order chi connectivity index (χ1) is 14.9. The number of halogens is 3. The Morgan fingerprint density at radius 1 is 1.23 bits per heavy atom. The van der Waals surface area contributed by atoms with E-state index in [2.05, 4.69) is 9.88 Å². The summed E-state index contributed by atoms with van der Waals surface area (Å²) in [7, 11) is 0. The Kier molecular flexibility index (Phi) is 4.38. The molecule has 6 rings (SSSR count). The fourth-order valence-electron chi connectivity index (χ4n) is 6.10. The minimum atomic E-state index is -4.37. The van der Waals surface area contributed by atoms with Crippen LogP contribution in [0.25, 0.3) is 0 Å². The molecule has 0 amide bonds. The van der Waals surface area contributed by atoms with Crippen LogP contribution in [0.1, 0.15) is 32.1 Å². The van der Waals surface area contributed by atoms with Gasteiger partial charge in [0.05, 0.1) is 18.2 Å². The van der Waals surface area contributed by atoms with Gasteiger partial charge in [0.25, 0.3) is 5.56 Å². The fraction of sp³-hybridized carbons (Fsp3) is 0.810. The largest absolute Gasteiger partial charge is 0.408 e. The summed E-state index contributed by atoms with van der Waals surface area (Å²) in [5.74, 6) is 1.45. The third-order valence-electron chi connectivity index (χ3n) is 8.03. The molecule has 4 aliphatic heterocycles. The Hall–Kier alpha value is -1.81. The average Bonchev–Trinajstić information content (AvgIpc) is 3.43. The molecule has 7 nitrogen and oxygen atoms in total. The van der Waals surface area contributed by atoms with E-state index in [1.54, 1.807) is 0 Å². The van der Waals surface area contributed by atoms with Crippen LogP contribution in [0.2, 0.25) is 0 Å². The quantitative estimate of drug-likeness (QED) is 0.716. The van der Waals surface area contributed by atoms with E-state index in [1.807, 2.05) is 0 Å². The lowest BCUT2D eigenvalue weighted by molar-refractivity contribution is -0.152. The van der Waals surface area contributed by atoms with Crippen molar-refractivity contribution in [2.75, 3.05) is 42.7 Å². The predicted octanol–water partition coefficient (Wildman–Crippen LogP) is 2.18. The number of aromatic nitrogens is 2. The highest BCUT2D eigenvalue weighted by atomic mass is 19.4. The van der Waals surface area contributed by atoms with Gasteiger partial charge < -0.3 is 19.3 Å². The second kappa shape index (κ2) is 6.84. The van der Waals surface area contributed by atoms with Gasteiger partial charge in [-0.3, -0.25) is 9.36 Å². The molecule has 4 atom stereocenters. The van der Waals surface area contributed by atoms with Gasteiger partial charge in [-0.1, -0.05) is 0 Å². The van der Waals surface area contributed by atoms with Gasteiger partial charge in [-0.15, -0.1) is 0 Å². The van der Waals surface area contributed by atoms with Crippen LogP contribution in [0.5, 0.6) is 0 Å². The zero-order chi connectivity index (χ0) is 21.4. The number of fused-ring (bicyclic) bond motifs is 1. The third-order valence-corrected chi connectivity index (χ3v) is 8.03. The monoisotopic (exact) mass is 440 g/mol. The Morgan fingerprint density at radius 2 is 2.03 bits per heavy atom. The molecule has 10 heteroatoms. The molecule has 4 fully saturated rings. The van der Waals surface area contributed by atoms with Crippen molar-refractivity contribution < 1.29 is 22.6 Å². The molecular weight excluding hydrogens is 413 g/mol. The van der Waals surface area contributed by atoms with E-state index in [-0.39, 0.29) is 42.7 Å². The van der Waals surface area contributed by atoms with Crippen LogP contribution in [-0.4, -0.2) is 66.3 Å². The zero-order valence-electron chi connectivity index (χ0n) is 17.3. The molecule has 0 N–H and O–H groups in total. The van der Waals surface area contributed by atoms with Gasteiger partial charge in [0, 0.05) is 44.8 Å². The molecule has 2 unspecified atom stereocenters. The Labute approximate surface area is 178 Å². The number of alkyl halides is 3. The summed E-state index contributed by atoms with van der Waals surface area (Å²) in [6.07, 6.45) is -0.954. The molecular formula is C21H27F3N4O3. The topological polar surface area (TPSA) is 59.8 Å². The minimum absolute atomic E-state index is 0.0406. The number of rotatable bonds is 4. The summed E-state index contributed by atoms with van der Waals surface area (Å²) in [6, 6.07) is -0.118. The SMILES string of the molecule is O=c1cc(N2C[C@H]3OCC4CC432)nc2n1CC[C@@H](C(F)(F)F)N2CCC1CCOCC1. The summed E-state index contributed by atoms with van der Waals surface area (Å²) in [6.45, 7) is 2.97. The lowest BCUT2D eigenvalue weighted by atomic mass is 9.95. The fourth-order valence-corrected chi connectivity index (χ4v) is 6.10. The maximum Gasteiger partial charge on any atom is 0.408 e. The van der Waals surface area contributed by atoms with E-state index in [0.29, 0.717) is 43.8 Å². The minimum Gasteiger partial charge on any atom is -0.381 e. The first-order valence-electron chi connectivity index (χ1n) is 11.3. The Morgan fingerprint density at radius 3 is 2.74 bits per heavy atom. The van der Waals surface area contributed by atoms with E-state index in [9.17, 15) is 18.0 Å². The lowest BCUT2D eigenvalue weighted by Gasteiger charge is -2.48. The Balaban J connectivity index is 1.32. The number of hydrogen-bond acceptors (Lipinski definition) is 6. The molecule has 170 valence electrons. The van der Waals surface area contributed by atoms with Crippen molar-refractivity contribution in [3.63, 3.8) is 0 Å². The van der Waals surface area contributed by atoms with E-state index >= 15 is 0 Å². The van der Waals surface area contributed by atoms with Gasteiger partial charge in [-0.25, -0.2) is 0 Å². The standard InChI is InChI=1S/C21H27F3N4O3/c22-21(23,24)15-2-6-27-18(29)9-17(28-11-16-20(28)10-14(20)12-31-16)25-19(27)26(15)5-1-13-3-7-30-8-4-13/h9,13-16H,1-8,10-12H2/t14?,15-,16+,20?/m0/s1. The highest BCUT2D eigenvalue weighted by molar-refractivity contribution is 5.56. The number of hydrogen-bond donors (Lipinski definition) is 0. The van der Waals surface area contributed by atoms with Crippen molar-refractivity contribution in [3.05, 3.63) is 16.4 Å². The van der Waals surface area contributed by atoms with Crippen molar-refractivity contribution in [1.82, 2.24) is 9.55 Å². The average molecular weight is 440 g/mol. The molecule has 3 saturated heterocycles. The molecule has 1 saturated carbocycles. The molecule has 31 heavy (non-hydrogen) atoms. The van der Waals surface area contributed by atoms with Crippen LogP contribution < -0.4 is 15.4 Å². The predicted molar refractivity (Wildman–Crippen MR) is 106 cm³/mol. The summed E-state index contributed by atoms with van der Waals surface area (Å²) >= 11 is 0. The van der Waals surface area contributed by atoms with Crippen LogP contribution in [0.15, 0.2) is 10.9 Å². The van der Waals surface area contributed by atoms with E-state index < -0.39 is 12.2 Å². The highest BCUT2D eigenvalue weighted by Crippen LogP contribution is 2.63. The zero-order valence-corrected chi connectivity index (χ0v) is 17.3. The van der Waals surface area contributed by atoms with Gasteiger partial charge in [0.15, 0.2) is 0 Å². The van der Waals surface area contributed by atoms with Gasteiger partial charge >= 0.3 is 6.18 Å². The molecule has 0 radical (unpaired) electrons. The second-order valence-corrected chi connectivity index (χ2v) is 9.61. The summed E-state index contributed by atoms with van der Waals surface area (Å²) in [4.78, 5) is 21.0. The third kappa shape index (κ3) is 3.01. The van der Waals surface area contributed by atoms with E-state index in [1.165, 1.54) is 15.5 Å². The van der Waals surface area contributed by atoms with Crippen LogP contribution in [-0.2, 0) is 16.0 Å². The van der Waals surface area contributed by atoms with Crippen molar-refractivity contribution in [2.45, 2.75) is 62.5 Å². The first kappa shape index (κ1) is 19.8. The molecule has 1 aromatic heterocycles. The first-order valence-corrected chi connectivity index (χ1v) is 11.3. The second-order valence-electron chi connectivity index (χ2n) is 9.61. The molecule has 5 heterocycles. The smallest absolute Gasteiger partial charge is 0.381 e. The van der Waals surface area contributed by atoms with Crippen molar-refractivity contribution in [2.24, 2.45) is 11.8 Å². The number of anilines is 2. The maximum atomic E-state index is 13.9. The molecule has 0 bridgehead atoms. The van der Waals surface area contributed by atoms with Gasteiger partial charge in [0.2, 0.25) is 5.95 Å². The lowest BCUT2D eigenvalue weighted by Crippen LogP contribution is -2.63. The van der Waals surface area contributed by atoms with Crippen LogP contribution >= 0.6 is 0 Å². The van der Waals surface area contributed by atoms with Crippen LogP contribution in [0, 0.1) is 11.8 Å². The maximum absolute atomic E-state index is 13.9. The molecule has 1 aromatic rings. The van der Waals surface area contributed by atoms with Crippen molar-refractivity contribution in [1.29, 1.82) is 0 Å². The summed E-state index contributed by atoms with van der Waals surface area (Å²) < 4.78 is 54.3. The van der Waals surface area contributed by atoms with Crippen LogP contribution in [0.3, 0.4) is 0 Å². The van der Waals surface area contributed by atoms with Crippen molar-refractivity contribution >= 4 is 11.8 Å². The van der Waals surface area contributed by atoms with Crippen LogP contribution in [0.4, 0.5) is 24.9 Å². The normalized spacial score (nSPS) is 34.7. The number of nitrogens with zero attached hydrogens (tertiary/aromatic N) is 4. The summed E-state index contributed by atoms with van der Waals surface area (Å²) in [5, 5.41) is 0. The molecule has 0 aromatic carbocycles. The highest BCUT2D eigenvalue weighted by Gasteiger charge is 2.74. The van der Waals surface area contributed by atoms with E-state index in [0.717, 1.165) is 25.9 Å². The van der Waals surface area contributed by atoms with E-state index in [4.69, 9.17) is 9.47 Å². The van der Waals surface area contributed by atoms with Gasteiger partial charge in [-0.05, 0) is 38.0 Å².